The maximum Gasteiger partial charge on any atom is 0.226 e. The van der Waals surface area contributed by atoms with Gasteiger partial charge in [-0.15, -0.1) is 0 Å². The maximum absolute atomic E-state index is 11.2. The normalized spacial score (nSPS) is 19.5. The first-order valence-electron chi connectivity index (χ1n) is 15.7. The number of imidazole rings is 2. The summed E-state index contributed by atoms with van der Waals surface area (Å²) in [5.41, 5.74) is 4.21. The van der Waals surface area contributed by atoms with Gasteiger partial charge in [-0.2, -0.15) is 15.1 Å². The molecule has 14 heteroatoms. The topological polar surface area (TPSA) is 166 Å². The molecule has 2 aromatic carbocycles. The highest BCUT2D eigenvalue weighted by Gasteiger charge is 2.47. The van der Waals surface area contributed by atoms with E-state index in [9.17, 15) is 10.2 Å². The minimum atomic E-state index is -1.28. The summed E-state index contributed by atoms with van der Waals surface area (Å²) in [6, 6.07) is 20.6. The van der Waals surface area contributed by atoms with E-state index in [-0.39, 0.29) is 5.92 Å². The summed E-state index contributed by atoms with van der Waals surface area (Å²) < 4.78 is 11.4. The van der Waals surface area contributed by atoms with E-state index in [1.807, 2.05) is 61.1 Å². The van der Waals surface area contributed by atoms with E-state index in [2.05, 4.69) is 54.9 Å². The third-order valence-corrected chi connectivity index (χ3v) is 8.37. The number of anilines is 2. The second kappa shape index (κ2) is 13.3. The third kappa shape index (κ3) is 6.30. The number of rotatable bonds is 12. The molecule has 1 aliphatic heterocycles. The first-order valence-corrected chi connectivity index (χ1v) is 15.7. The van der Waals surface area contributed by atoms with Crippen LogP contribution in [0.25, 0.3) is 11.2 Å². The summed E-state index contributed by atoms with van der Waals surface area (Å²) in [5, 5.41) is 33.4. The van der Waals surface area contributed by atoms with Crippen LogP contribution in [0.1, 0.15) is 47.8 Å². The zero-order chi connectivity index (χ0) is 32.3. The SMILES string of the molecule is CCn1cnc([C@H]2O[C@@H](n3cnc4c(NCC(c5ccccc5)c5ccccc5)nc(NCCc5cn(C)cn5)nc43)[C@H](O)[C@@H]2O)n1. The molecule has 0 spiro atoms. The van der Waals surface area contributed by atoms with Gasteiger partial charge in [0.15, 0.2) is 35.1 Å². The molecule has 14 nitrogen and oxygen atoms in total. The molecule has 4 N–H and O–H groups in total. The highest BCUT2D eigenvalue weighted by Crippen LogP contribution is 2.39. The lowest BCUT2D eigenvalue weighted by Gasteiger charge is -2.20. The van der Waals surface area contributed by atoms with Gasteiger partial charge in [0.05, 0.1) is 18.3 Å². The number of hydrogen-bond donors (Lipinski definition) is 4. The van der Waals surface area contributed by atoms with Crippen LogP contribution >= 0.6 is 0 Å². The zero-order valence-corrected chi connectivity index (χ0v) is 26.1. The summed E-state index contributed by atoms with van der Waals surface area (Å²) in [6.07, 6.45) is 3.10. The number of aliphatic hydroxyl groups is 2. The van der Waals surface area contributed by atoms with Gasteiger partial charge in [0, 0.05) is 45.2 Å². The van der Waals surface area contributed by atoms with Gasteiger partial charge in [-0.1, -0.05) is 60.7 Å². The molecule has 1 saturated heterocycles. The Hall–Kier alpha value is -5.18. The van der Waals surface area contributed by atoms with Gasteiger partial charge in [0.1, 0.15) is 18.5 Å². The number of fused-ring (bicyclic) bond motifs is 1. The second-order valence-electron chi connectivity index (χ2n) is 11.6. The fraction of sp³-hybridized carbons (Fsp3) is 0.333. The van der Waals surface area contributed by atoms with Crippen molar-refractivity contribution < 1.29 is 14.9 Å². The molecule has 242 valence electrons. The lowest BCUT2D eigenvalue weighted by atomic mass is 9.91. The molecule has 47 heavy (non-hydrogen) atoms. The largest absolute Gasteiger partial charge is 0.387 e. The van der Waals surface area contributed by atoms with Gasteiger partial charge >= 0.3 is 0 Å². The van der Waals surface area contributed by atoms with Crippen LogP contribution in [0.5, 0.6) is 0 Å². The van der Waals surface area contributed by atoms with Gasteiger partial charge < -0.3 is 30.2 Å². The minimum Gasteiger partial charge on any atom is -0.387 e. The first-order chi connectivity index (χ1) is 23.0. The fourth-order valence-corrected chi connectivity index (χ4v) is 5.90. The van der Waals surface area contributed by atoms with Gasteiger partial charge in [-0.3, -0.25) is 9.25 Å². The van der Waals surface area contributed by atoms with Gasteiger partial charge in [-0.25, -0.2) is 15.0 Å². The van der Waals surface area contributed by atoms with Crippen molar-refractivity contribution in [2.45, 2.75) is 50.3 Å². The van der Waals surface area contributed by atoms with Gasteiger partial charge in [0.25, 0.3) is 0 Å². The zero-order valence-electron chi connectivity index (χ0n) is 26.1. The van der Waals surface area contributed by atoms with Crippen molar-refractivity contribution in [2.75, 3.05) is 23.7 Å². The molecule has 0 radical (unpaired) electrons. The van der Waals surface area contributed by atoms with E-state index < -0.39 is 24.5 Å². The summed E-state index contributed by atoms with van der Waals surface area (Å²) >= 11 is 0. The van der Waals surface area contributed by atoms with Crippen molar-refractivity contribution in [2.24, 2.45) is 7.05 Å². The average Bonchev–Trinajstić information content (AvgIpc) is 3.90. The molecule has 5 heterocycles. The lowest BCUT2D eigenvalue weighted by molar-refractivity contribution is -0.0383. The Morgan fingerprint density at radius 1 is 0.872 bits per heavy atom. The van der Waals surface area contributed by atoms with Crippen LogP contribution in [0.2, 0.25) is 0 Å². The molecule has 7 rings (SSSR count). The number of nitrogens with one attached hydrogen (secondary N) is 2. The van der Waals surface area contributed by atoms with Crippen LogP contribution in [0.15, 0.2) is 85.8 Å². The quantitative estimate of drug-likeness (QED) is 0.156. The van der Waals surface area contributed by atoms with Crippen LogP contribution in [0.3, 0.4) is 0 Å². The fourth-order valence-electron chi connectivity index (χ4n) is 5.90. The Bertz CT molecular complexity index is 1880. The van der Waals surface area contributed by atoms with Crippen LogP contribution < -0.4 is 10.6 Å². The number of hydrogen-bond acceptors (Lipinski definition) is 11. The molecule has 4 aromatic heterocycles. The number of aliphatic hydroxyl groups excluding tert-OH is 2. The van der Waals surface area contributed by atoms with Crippen molar-refractivity contribution in [3.05, 3.63) is 108 Å². The monoisotopic (exact) mass is 635 g/mol. The molecule has 1 aliphatic rings. The molecule has 0 saturated carbocycles. The van der Waals surface area contributed by atoms with E-state index >= 15 is 0 Å². The van der Waals surface area contributed by atoms with Crippen molar-refractivity contribution >= 4 is 22.9 Å². The van der Waals surface area contributed by atoms with Crippen LogP contribution in [0, 0.1) is 0 Å². The Morgan fingerprint density at radius 3 is 2.28 bits per heavy atom. The summed E-state index contributed by atoms with van der Waals surface area (Å²) in [4.78, 5) is 23.0. The summed E-state index contributed by atoms with van der Waals surface area (Å²) in [6.45, 7) is 3.64. The van der Waals surface area contributed by atoms with Crippen LogP contribution in [-0.2, 0) is 24.8 Å². The predicted octanol–water partition coefficient (Wildman–Crippen LogP) is 3.06. The van der Waals surface area contributed by atoms with E-state index in [0.717, 1.165) is 16.8 Å². The van der Waals surface area contributed by atoms with E-state index in [1.165, 1.54) is 0 Å². The van der Waals surface area contributed by atoms with E-state index in [1.54, 1.807) is 28.2 Å². The molecule has 0 aliphatic carbocycles. The number of aromatic nitrogens is 9. The molecule has 1 fully saturated rings. The minimum absolute atomic E-state index is 0.0383. The lowest BCUT2D eigenvalue weighted by Crippen LogP contribution is -2.29. The standard InChI is InChI=1S/C33H37N11O3/c1-3-43-19-38-30(41-43)28-26(45)27(46)32(47-28)44-20-37-25-29(39-33(40-31(25)44)34-15-14-23-17-42(2)18-36-23)35-16-24(21-10-6-4-7-11-21)22-12-8-5-9-13-22/h4-13,17-20,24,26-28,32,45-46H,3,14-16H2,1-2H3,(H2,34,35,39,40)/t26-,27+,28-,32+/m0/s1. The van der Waals surface area contributed by atoms with Crippen molar-refractivity contribution in [3.63, 3.8) is 0 Å². The summed E-state index contributed by atoms with van der Waals surface area (Å²) in [7, 11) is 1.94. The first kappa shape index (κ1) is 30.5. The van der Waals surface area contributed by atoms with Crippen LogP contribution in [0.4, 0.5) is 11.8 Å². The van der Waals surface area contributed by atoms with Crippen molar-refractivity contribution in [3.8, 4) is 0 Å². The van der Waals surface area contributed by atoms with Crippen LogP contribution in [-0.4, -0.2) is 79.3 Å². The number of nitrogens with zero attached hydrogens (tertiary/aromatic N) is 9. The maximum atomic E-state index is 11.2. The van der Waals surface area contributed by atoms with E-state index in [4.69, 9.17) is 14.7 Å². The number of ether oxygens (including phenoxy) is 1. The Morgan fingerprint density at radius 2 is 1.62 bits per heavy atom. The van der Waals surface area contributed by atoms with Gasteiger partial charge in [0.2, 0.25) is 5.95 Å². The average molecular weight is 636 g/mol. The Balaban J connectivity index is 1.21. The number of aryl methyl sites for hydroxylation is 2. The highest BCUT2D eigenvalue weighted by molar-refractivity contribution is 5.84. The number of benzene rings is 2. The van der Waals surface area contributed by atoms with E-state index in [0.29, 0.717) is 54.8 Å². The molecular weight excluding hydrogens is 598 g/mol. The summed E-state index contributed by atoms with van der Waals surface area (Å²) in [5.74, 6) is 1.24. The van der Waals surface area contributed by atoms with Crippen molar-refractivity contribution in [1.29, 1.82) is 0 Å². The third-order valence-electron chi connectivity index (χ3n) is 8.37. The molecule has 0 amide bonds. The second-order valence-corrected chi connectivity index (χ2v) is 11.6. The predicted molar refractivity (Wildman–Crippen MR) is 175 cm³/mol. The molecule has 6 aromatic rings. The van der Waals surface area contributed by atoms with Crippen molar-refractivity contribution in [1.82, 2.24) is 43.8 Å². The molecular formula is C33H37N11O3. The molecule has 0 bridgehead atoms. The smallest absolute Gasteiger partial charge is 0.226 e. The molecule has 4 atom stereocenters. The Kier molecular flexibility index (Phi) is 8.61. The van der Waals surface area contributed by atoms with Gasteiger partial charge in [-0.05, 0) is 18.1 Å². The Labute approximate surface area is 271 Å². The highest BCUT2D eigenvalue weighted by atomic mass is 16.6. The molecule has 0 unspecified atom stereocenters.